The lowest BCUT2D eigenvalue weighted by Crippen LogP contribution is -2.19. The molecule has 2 aliphatic rings. The van der Waals surface area contributed by atoms with Crippen LogP contribution in [0.2, 0.25) is 0 Å². The molecule has 1 fully saturated rings. The molecule has 6 nitrogen and oxygen atoms in total. The van der Waals surface area contributed by atoms with Crippen LogP contribution in [0.4, 0.5) is 0 Å². The Morgan fingerprint density at radius 1 is 1.36 bits per heavy atom. The van der Waals surface area contributed by atoms with Gasteiger partial charge in [-0.15, -0.1) is 5.10 Å². The SMILES string of the molecule is CC(Sc1nnnn1CC1CCCO1)C(=O)c1ccc2c(c1)CCC2. The summed E-state index contributed by atoms with van der Waals surface area (Å²) in [5.74, 6) is 0.131. The number of ether oxygens (including phenoxy) is 1. The molecular formula is C18H22N4O2S. The molecule has 1 aromatic heterocycles. The van der Waals surface area contributed by atoms with Crippen molar-refractivity contribution in [2.24, 2.45) is 0 Å². The van der Waals surface area contributed by atoms with Gasteiger partial charge in [0.2, 0.25) is 5.16 Å². The van der Waals surface area contributed by atoms with Gasteiger partial charge < -0.3 is 4.74 Å². The minimum Gasteiger partial charge on any atom is -0.376 e. The highest BCUT2D eigenvalue weighted by Gasteiger charge is 2.23. The molecular weight excluding hydrogens is 336 g/mol. The number of fused-ring (bicyclic) bond motifs is 1. The van der Waals surface area contributed by atoms with Gasteiger partial charge in [-0.3, -0.25) is 4.79 Å². The van der Waals surface area contributed by atoms with Gasteiger partial charge in [0.1, 0.15) is 0 Å². The van der Waals surface area contributed by atoms with Gasteiger partial charge in [-0.1, -0.05) is 23.9 Å². The third kappa shape index (κ3) is 3.62. The summed E-state index contributed by atoms with van der Waals surface area (Å²) in [5, 5.41) is 12.4. The number of Topliss-reactive ketones (excluding diaryl/α,β-unsaturated/α-hetero) is 1. The Labute approximate surface area is 151 Å². The largest absolute Gasteiger partial charge is 0.376 e. The number of carbonyl (C=O) groups is 1. The smallest absolute Gasteiger partial charge is 0.210 e. The molecule has 0 amide bonds. The summed E-state index contributed by atoms with van der Waals surface area (Å²) in [6.07, 6.45) is 5.69. The number of aryl methyl sites for hydroxylation is 2. The van der Waals surface area contributed by atoms with E-state index in [1.165, 1.54) is 29.3 Å². The average Bonchev–Trinajstić information content (AvgIpc) is 3.36. The summed E-state index contributed by atoms with van der Waals surface area (Å²) in [6, 6.07) is 6.13. The van der Waals surface area contributed by atoms with Gasteiger partial charge in [-0.05, 0) is 66.6 Å². The molecule has 1 aliphatic heterocycles. The molecule has 1 aromatic carbocycles. The maximum absolute atomic E-state index is 12.8. The zero-order chi connectivity index (χ0) is 17.2. The first-order chi connectivity index (χ1) is 12.2. The topological polar surface area (TPSA) is 69.9 Å². The number of aromatic nitrogens is 4. The summed E-state index contributed by atoms with van der Waals surface area (Å²) in [4.78, 5) is 12.8. The lowest BCUT2D eigenvalue weighted by molar-refractivity contribution is 0.0911. The number of tetrazole rings is 1. The van der Waals surface area contributed by atoms with Crippen molar-refractivity contribution in [3.63, 3.8) is 0 Å². The van der Waals surface area contributed by atoms with E-state index < -0.39 is 0 Å². The standard InChI is InChI=1S/C18H22N4O2S/c1-12(17(23)15-8-7-13-4-2-5-14(13)10-15)25-18-19-20-21-22(18)11-16-6-3-9-24-16/h7-8,10,12,16H,2-6,9,11H2,1H3. The van der Waals surface area contributed by atoms with E-state index in [1.54, 1.807) is 4.68 Å². The summed E-state index contributed by atoms with van der Waals surface area (Å²) in [5.41, 5.74) is 3.50. The van der Waals surface area contributed by atoms with E-state index in [9.17, 15) is 4.79 Å². The molecule has 4 rings (SSSR count). The molecule has 2 unspecified atom stereocenters. The highest BCUT2D eigenvalue weighted by atomic mass is 32.2. The summed E-state index contributed by atoms with van der Waals surface area (Å²) in [7, 11) is 0. The molecule has 0 spiro atoms. The predicted molar refractivity (Wildman–Crippen MR) is 94.9 cm³/mol. The molecule has 0 saturated carbocycles. The van der Waals surface area contributed by atoms with E-state index in [0.29, 0.717) is 11.7 Å². The third-order valence-electron chi connectivity index (χ3n) is 4.93. The maximum Gasteiger partial charge on any atom is 0.210 e. The number of carbonyl (C=O) groups excluding carboxylic acids is 1. The normalized spacial score (nSPS) is 20.6. The fourth-order valence-electron chi connectivity index (χ4n) is 3.55. The zero-order valence-electron chi connectivity index (χ0n) is 14.4. The van der Waals surface area contributed by atoms with Crippen LogP contribution >= 0.6 is 11.8 Å². The van der Waals surface area contributed by atoms with E-state index in [4.69, 9.17) is 4.74 Å². The highest BCUT2D eigenvalue weighted by Crippen LogP contribution is 2.27. The van der Waals surface area contributed by atoms with Crippen molar-refractivity contribution >= 4 is 17.5 Å². The molecule has 2 aromatic rings. The molecule has 0 N–H and O–H groups in total. The van der Waals surface area contributed by atoms with Gasteiger partial charge in [-0.25, -0.2) is 4.68 Å². The first-order valence-corrected chi connectivity index (χ1v) is 9.79. The second-order valence-corrected chi connectivity index (χ2v) is 8.05. The maximum atomic E-state index is 12.8. The van der Waals surface area contributed by atoms with Gasteiger partial charge in [0.25, 0.3) is 0 Å². The number of hydrogen-bond donors (Lipinski definition) is 0. The average molecular weight is 358 g/mol. The van der Waals surface area contributed by atoms with Crippen molar-refractivity contribution in [2.75, 3.05) is 6.61 Å². The van der Waals surface area contributed by atoms with Crippen molar-refractivity contribution in [3.8, 4) is 0 Å². The Bertz CT molecular complexity index is 770. The van der Waals surface area contributed by atoms with Crippen LogP contribution in [0, 0.1) is 0 Å². The minimum atomic E-state index is -0.228. The van der Waals surface area contributed by atoms with Crippen LogP contribution in [0.1, 0.15) is 47.7 Å². The number of rotatable bonds is 6. The van der Waals surface area contributed by atoms with Crippen molar-refractivity contribution in [1.82, 2.24) is 20.2 Å². The van der Waals surface area contributed by atoms with Crippen LogP contribution in [0.5, 0.6) is 0 Å². The van der Waals surface area contributed by atoms with Crippen LogP contribution in [-0.4, -0.2) is 44.0 Å². The van der Waals surface area contributed by atoms with Gasteiger partial charge in [0.15, 0.2) is 5.78 Å². The number of benzene rings is 1. The Morgan fingerprint density at radius 3 is 3.08 bits per heavy atom. The molecule has 132 valence electrons. The van der Waals surface area contributed by atoms with Crippen LogP contribution in [0.25, 0.3) is 0 Å². The first kappa shape index (κ1) is 16.7. The number of thioether (sulfide) groups is 1. The van der Waals surface area contributed by atoms with Crippen molar-refractivity contribution in [1.29, 1.82) is 0 Å². The monoisotopic (exact) mass is 358 g/mol. The van der Waals surface area contributed by atoms with E-state index >= 15 is 0 Å². The van der Waals surface area contributed by atoms with E-state index in [-0.39, 0.29) is 17.1 Å². The quantitative estimate of drug-likeness (QED) is 0.584. The Morgan fingerprint density at radius 2 is 2.24 bits per heavy atom. The fourth-order valence-corrected chi connectivity index (χ4v) is 4.42. The summed E-state index contributed by atoms with van der Waals surface area (Å²) >= 11 is 1.42. The molecule has 25 heavy (non-hydrogen) atoms. The highest BCUT2D eigenvalue weighted by molar-refractivity contribution is 8.00. The van der Waals surface area contributed by atoms with E-state index in [1.807, 2.05) is 13.0 Å². The second-order valence-electron chi connectivity index (χ2n) is 6.74. The van der Waals surface area contributed by atoms with Gasteiger partial charge in [-0.2, -0.15) is 0 Å². The van der Waals surface area contributed by atoms with Crippen LogP contribution in [-0.2, 0) is 24.1 Å². The first-order valence-electron chi connectivity index (χ1n) is 8.91. The molecule has 2 atom stereocenters. The Kier molecular flexibility index (Phi) is 4.85. The van der Waals surface area contributed by atoms with Crippen LogP contribution in [0.15, 0.2) is 23.4 Å². The van der Waals surface area contributed by atoms with Crippen molar-refractivity contribution in [3.05, 3.63) is 34.9 Å². The molecule has 7 heteroatoms. The van der Waals surface area contributed by atoms with Crippen LogP contribution in [0.3, 0.4) is 0 Å². The summed E-state index contributed by atoms with van der Waals surface area (Å²) < 4.78 is 7.41. The Balaban J connectivity index is 1.44. The lowest BCUT2D eigenvalue weighted by atomic mass is 10.0. The molecule has 0 bridgehead atoms. The zero-order valence-corrected chi connectivity index (χ0v) is 15.2. The van der Waals surface area contributed by atoms with E-state index in [0.717, 1.165) is 37.9 Å². The molecule has 1 saturated heterocycles. The number of ketones is 1. The second kappa shape index (κ2) is 7.25. The van der Waals surface area contributed by atoms with Gasteiger partial charge >= 0.3 is 0 Å². The van der Waals surface area contributed by atoms with Gasteiger partial charge in [0, 0.05) is 12.2 Å². The third-order valence-corrected chi connectivity index (χ3v) is 6.00. The minimum absolute atomic E-state index is 0.131. The van der Waals surface area contributed by atoms with Gasteiger partial charge in [0.05, 0.1) is 17.9 Å². The lowest BCUT2D eigenvalue weighted by Gasteiger charge is -2.13. The van der Waals surface area contributed by atoms with E-state index in [2.05, 4.69) is 27.7 Å². The van der Waals surface area contributed by atoms with Crippen LogP contribution < -0.4 is 0 Å². The molecule has 2 heterocycles. The predicted octanol–water partition coefficient (Wildman–Crippen LogP) is 2.70. The van der Waals surface area contributed by atoms with Crippen molar-refractivity contribution in [2.45, 2.75) is 62.1 Å². The molecule has 0 radical (unpaired) electrons. The number of hydrogen-bond acceptors (Lipinski definition) is 6. The molecule has 1 aliphatic carbocycles. The number of nitrogens with zero attached hydrogens (tertiary/aromatic N) is 4. The van der Waals surface area contributed by atoms with Crippen molar-refractivity contribution < 1.29 is 9.53 Å². The summed E-state index contributed by atoms with van der Waals surface area (Å²) in [6.45, 7) is 3.38. The Hall–Kier alpha value is -1.73. The fraction of sp³-hybridized carbons (Fsp3) is 0.556.